The number of nitro benzene ring substituents is 1. The van der Waals surface area contributed by atoms with Crippen LogP contribution in [0.5, 0.6) is 0 Å². The molecular formula is C51H90N4O16. The van der Waals surface area contributed by atoms with Gasteiger partial charge in [-0.1, -0.05) is 39.8 Å². The van der Waals surface area contributed by atoms with Crippen LogP contribution in [0.25, 0.3) is 0 Å². The summed E-state index contributed by atoms with van der Waals surface area (Å²) in [5.74, 6) is -2.80. The van der Waals surface area contributed by atoms with E-state index in [0.29, 0.717) is 19.4 Å². The topological polar surface area (TPSA) is 273 Å². The van der Waals surface area contributed by atoms with E-state index in [2.05, 4.69) is 17.1 Å². The summed E-state index contributed by atoms with van der Waals surface area (Å²) in [6, 6.07) is 4.87. The largest absolute Gasteiger partial charge is 0.459 e. The highest BCUT2D eigenvalue weighted by molar-refractivity contribution is 5.73. The molecule has 7 N–H and O–H groups in total. The summed E-state index contributed by atoms with van der Waals surface area (Å²) in [7, 11) is 5.33. The number of hydrogen-bond donors (Lipinski definition) is 7. The van der Waals surface area contributed by atoms with E-state index in [1.807, 2.05) is 46.7 Å². The SMILES string of the molecule is CC(=O)N[C@H](CO)Cc1ccc([N+](=O)[O-])cc1.CCCN(C)[C@H]1C[C@@H](C)O[C@@H](O[C@@H]2[C@@H](C)[C@H](O[C@H]3C[C@@](C)(OC)[C@@H](O)[C@H](C)O3)[C@@H](C)C(=O)O[C@H](CC)[C@@](C)(O)[C@H](O)[C@@H](C)N(C)C[C@H](C)C[C@@]2(C)O)[C@@H]1O. The number of nitro groups is 1. The molecule has 4 rings (SSSR count). The Labute approximate surface area is 421 Å². The highest BCUT2D eigenvalue weighted by Gasteiger charge is 2.53. The van der Waals surface area contributed by atoms with Crippen LogP contribution in [0.1, 0.15) is 121 Å². The molecule has 0 aliphatic carbocycles. The molecule has 19 atom stereocenters. The van der Waals surface area contributed by atoms with E-state index in [-0.39, 0.29) is 61.6 Å². The molecule has 0 aromatic heterocycles. The number of aliphatic hydroxyl groups excluding tert-OH is 4. The number of methoxy groups -OCH3 is 1. The first-order valence-corrected chi connectivity index (χ1v) is 25.4. The second-order valence-electron chi connectivity index (χ2n) is 21.4. The Bertz CT molecular complexity index is 1810. The van der Waals surface area contributed by atoms with Gasteiger partial charge in [-0.25, -0.2) is 0 Å². The molecule has 410 valence electrons. The maximum atomic E-state index is 14.3. The number of nitrogens with one attached hydrogen (secondary N) is 1. The molecule has 1 aromatic carbocycles. The second-order valence-corrected chi connectivity index (χ2v) is 21.4. The fraction of sp³-hybridized carbons (Fsp3) is 0.843. The summed E-state index contributed by atoms with van der Waals surface area (Å²) in [5.41, 5.74) is -3.54. The van der Waals surface area contributed by atoms with Crippen molar-refractivity contribution in [2.24, 2.45) is 17.8 Å². The number of cyclic esters (lactones) is 1. The van der Waals surface area contributed by atoms with Gasteiger partial charge >= 0.3 is 5.97 Å². The van der Waals surface area contributed by atoms with Gasteiger partial charge in [0.2, 0.25) is 5.91 Å². The van der Waals surface area contributed by atoms with Crippen molar-refractivity contribution in [2.75, 3.05) is 40.9 Å². The smallest absolute Gasteiger partial charge is 0.311 e. The molecule has 3 fully saturated rings. The molecule has 3 heterocycles. The zero-order valence-corrected chi connectivity index (χ0v) is 45.0. The molecule has 3 aliphatic heterocycles. The Kier molecular flexibility index (Phi) is 23.7. The van der Waals surface area contributed by atoms with Gasteiger partial charge in [0.05, 0.1) is 59.1 Å². The van der Waals surface area contributed by atoms with Crippen molar-refractivity contribution in [2.45, 2.75) is 218 Å². The third kappa shape index (κ3) is 16.5. The van der Waals surface area contributed by atoms with Crippen LogP contribution < -0.4 is 5.32 Å². The zero-order chi connectivity index (χ0) is 53.9. The van der Waals surface area contributed by atoms with E-state index >= 15 is 0 Å². The van der Waals surface area contributed by atoms with Crippen molar-refractivity contribution in [1.29, 1.82) is 0 Å². The summed E-state index contributed by atoms with van der Waals surface area (Å²) >= 11 is 0. The molecule has 0 unspecified atom stereocenters. The average molecular weight is 1020 g/mol. The maximum absolute atomic E-state index is 14.3. The zero-order valence-electron chi connectivity index (χ0n) is 45.0. The van der Waals surface area contributed by atoms with Gasteiger partial charge in [-0.05, 0) is 113 Å². The van der Waals surface area contributed by atoms with Gasteiger partial charge in [0, 0.05) is 57.1 Å². The molecule has 0 radical (unpaired) electrons. The number of esters is 1. The lowest BCUT2D eigenvalue weighted by atomic mass is 9.77. The van der Waals surface area contributed by atoms with Gasteiger partial charge < -0.3 is 74.2 Å². The first kappa shape index (κ1) is 62.3. The van der Waals surface area contributed by atoms with Crippen LogP contribution in [-0.2, 0) is 44.4 Å². The molecule has 20 nitrogen and oxygen atoms in total. The van der Waals surface area contributed by atoms with Crippen LogP contribution in [0.15, 0.2) is 24.3 Å². The number of aliphatic hydroxyl groups is 6. The Balaban J connectivity index is 0.000000659. The number of non-ortho nitro benzene ring substituents is 1. The molecule has 71 heavy (non-hydrogen) atoms. The third-order valence-electron chi connectivity index (χ3n) is 14.9. The Hall–Kier alpha value is -2.96. The molecule has 20 heteroatoms. The summed E-state index contributed by atoms with van der Waals surface area (Å²) in [6.07, 6.45) is -6.82. The quantitative estimate of drug-likeness (QED) is 0.0800. The van der Waals surface area contributed by atoms with Gasteiger partial charge in [-0.3, -0.25) is 19.7 Å². The molecule has 0 spiro atoms. The Morgan fingerprint density at radius 2 is 1.62 bits per heavy atom. The number of carbonyl (C=O) groups is 2. The molecule has 3 saturated heterocycles. The number of amides is 1. The molecular weight excluding hydrogens is 925 g/mol. The average Bonchev–Trinajstić information content (AvgIpc) is 3.30. The summed E-state index contributed by atoms with van der Waals surface area (Å²) in [4.78, 5) is 39.1. The first-order valence-electron chi connectivity index (χ1n) is 25.4. The lowest BCUT2D eigenvalue weighted by Crippen LogP contribution is -2.60. The summed E-state index contributed by atoms with van der Waals surface area (Å²) in [5, 5.41) is 80.6. The lowest BCUT2D eigenvalue weighted by Gasteiger charge is -2.49. The summed E-state index contributed by atoms with van der Waals surface area (Å²) in [6.45, 7) is 22.2. The van der Waals surface area contributed by atoms with E-state index < -0.39 is 101 Å². The van der Waals surface area contributed by atoms with Crippen LogP contribution in [-0.4, -0.2) is 194 Å². The molecule has 1 aromatic rings. The van der Waals surface area contributed by atoms with E-state index in [4.69, 9.17) is 33.5 Å². The summed E-state index contributed by atoms with van der Waals surface area (Å²) < 4.78 is 37.8. The van der Waals surface area contributed by atoms with Crippen molar-refractivity contribution in [3.63, 3.8) is 0 Å². The number of benzene rings is 1. The van der Waals surface area contributed by atoms with Gasteiger partial charge in [0.1, 0.15) is 30.0 Å². The van der Waals surface area contributed by atoms with Crippen molar-refractivity contribution < 1.29 is 73.6 Å². The predicted octanol–water partition coefficient (Wildman–Crippen LogP) is 3.32. The number of rotatable bonds is 14. The van der Waals surface area contributed by atoms with Crippen molar-refractivity contribution in [3.8, 4) is 0 Å². The standard InChI is InChI=1S/C40H76N2O12.C11H14N2O4/c1-15-17-41(12)28-18-23(4)50-37(31(28)43)54-35-24(5)32(53-30-20-39(10,49-14)34(45)27(8)51-30)25(6)36(46)52-29(16-2)40(11,48)33(44)26(7)42(13)21-22(3)19-38(35,9)47;1-8(15)12-10(7-14)6-9-2-4-11(5-3-9)13(16)17/h22-35,37,43-45,47-48H,15-21H2,1-14H3;2-5,10,14H,6-7H2,1H3,(H,12,15)/t22-,23-,24+,25-,26-,27+,28+,29-,30+,31-,32+,33-,34+,35-,37+,38-,39-,40-;10-/m10/s1. The van der Waals surface area contributed by atoms with Crippen molar-refractivity contribution in [3.05, 3.63) is 39.9 Å². The second kappa shape index (κ2) is 27.0. The van der Waals surface area contributed by atoms with E-state index in [1.165, 1.54) is 33.1 Å². The monoisotopic (exact) mass is 1010 g/mol. The van der Waals surface area contributed by atoms with Crippen LogP contribution in [0.3, 0.4) is 0 Å². The highest BCUT2D eigenvalue weighted by atomic mass is 16.7. The molecule has 3 aliphatic rings. The van der Waals surface area contributed by atoms with Crippen LogP contribution in [0, 0.1) is 27.9 Å². The van der Waals surface area contributed by atoms with E-state index in [0.717, 1.165) is 18.5 Å². The molecule has 0 saturated carbocycles. The third-order valence-corrected chi connectivity index (χ3v) is 14.9. The van der Waals surface area contributed by atoms with Gasteiger partial charge in [-0.15, -0.1) is 0 Å². The van der Waals surface area contributed by atoms with Crippen LogP contribution >= 0.6 is 0 Å². The van der Waals surface area contributed by atoms with Crippen molar-refractivity contribution in [1.82, 2.24) is 15.1 Å². The van der Waals surface area contributed by atoms with Crippen LogP contribution in [0.4, 0.5) is 5.69 Å². The van der Waals surface area contributed by atoms with Crippen LogP contribution in [0.2, 0.25) is 0 Å². The number of likely N-dealkylation sites (N-methyl/N-ethyl adjacent to an activating group) is 2. The highest BCUT2D eigenvalue weighted by Crippen LogP contribution is 2.40. The van der Waals surface area contributed by atoms with E-state index in [1.54, 1.807) is 46.8 Å². The first-order chi connectivity index (χ1) is 33.0. The number of carbonyl (C=O) groups excluding carboxylic acids is 2. The fourth-order valence-electron chi connectivity index (χ4n) is 10.7. The number of hydrogen-bond acceptors (Lipinski definition) is 18. The minimum atomic E-state index is -1.80. The van der Waals surface area contributed by atoms with Gasteiger partial charge in [-0.2, -0.15) is 0 Å². The number of nitrogens with zero attached hydrogens (tertiary/aromatic N) is 3. The Morgan fingerprint density at radius 1 is 1.00 bits per heavy atom. The fourth-order valence-corrected chi connectivity index (χ4v) is 10.7. The minimum absolute atomic E-state index is 0.0221. The van der Waals surface area contributed by atoms with Crippen molar-refractivity contribution >= 4 is 17.6 Å². The number of ether oxygens (including phenoxy) is 6. The Morgan fingerprint density at radius 3 is 2.15 bits per heavy atom. The van der Waals surface area contributed by atoms with Gasteiger partial charge in [0.15, 0.2) is 12.6 Å². The van der Waals surface area contributed by atoms with Gasteiger partial charge in [0.25, 0.3) is 5.69 Å². The van der Waals surface area contributed by atoms with E-state index in [9.17, 15) is 45.2 Å². The molecule has 1 amide bonds. The normalized spacial score (nSPS) is 39.5. The maximum Gasteiger partial charge on any atom is 0.311 e. The predicted molar refractivity (Wildman–Crippen MR) is 265 cm³/mol. The lowest BCUT2D eigenvalue weighted by molar-refractivity contribution is -0.384. The molecule has 0 bridgehead atoms. The minimum Gasteiger partial charge on any atom is -0.459 e.